The van der Waals surface area contributed by atoms with Crippen molar-refractivity contribution in [2.75, 3.05) is 6.61 Å². The SMILES string of the molecule is CCC[C@@H]1OC[C@H](CC)C[C@@H]1CC. The van der Waals surface area contributed by atoms with Gasteiger partial charge in [0, 0.05) is 6.61 Å². The summed E-state index contributed by atoms with van der Waals surface area (Å²) in [7, 11) is 0. The van der Waals surface area contributed by atoms with E-state index >= 15 is 0 Å². The lowest BCUT2D eigenvalue weighted by Crippen LogP contribution is -2.34. The average molecular weight is 184 g/mol. The van der Waals surface area contributed by atoms with Crippen LogP contribution in [-0.4, -0.2) is 12.7 Å². The zero-order valence-electron chi connectivity index (χ0n) is 9.38. The van der Waals surface area contributed by atoms with Gasteiger partial charge in [0.25, 0.3) is 0 Å². The molecule has 1 heteroatoms. The molecule has 13 heavy (non-hydrogen) atoms. The van der Waals surface area contributed by atoms with Gasteiger partial charge in [-0.1, -0.05) is 40.0 Å². The third-order valence-corrected chi connectivity index (χ3v) is 3.38. The molecule has 1 aliphatic rings. The molecule has 1 heterocycles. The van der Waals surface area contributed by atoms with Crippen LogP contribution in [0.25, 0.3) is 0 Å². The Bertz CT molecular complexity index is 133. The molecule has 0 aromatic heterocycles. The fourth-order valence-corrected chi connectivity index (χ4v) is 2.36. The molecule has 0 saturated carbocycles. The molecule has 3 atom stereocenters. The van der Waals surface area contributed by atoms with E-state index in [1.165, 1.54) is 32.1 Å². The van der Waals surface area contributed by atoms with Gasteiger partial charge in [-0.2, -0.15) is 0 Å². The Balaban J connectivity index is 2.40. The number of rotatable bonds is 4. The molecule has 0 N–H and O–H groups in total. The quantitative estimate of drug-likeness (QED) is 0.648. The maximum Gasteiger partial charge on any atom is 0.0603 e. The lowest BCUT2D eigenvalue weighted by Gasteiger charge is -2.35. The van der Waals surface area contributed by atoms with E-state index < -0.39 is 0 Å². The lowest BCUT2D eigenvalue weighted by molar-refractivity contribution is -0.0618. The van der Waals surface area contributed by atoms with Crippen LogP contribution in [0.5, 0.6) is 0 Å². The van der Waals surface area contributed by atoms with Crippen LogP contribution in [-0.2, 0) is 4.74 Å². The largest absolute Gasteiger partial charge is 0.378 e. The van der Waals surface area contributed by atoms with Gasteiger partial charge in [-0.25, -0.2) is 0 Å². The first kappa shape index (κ1) is 11.0. The molecule has 1 nitrogen and oxygen atoms in total. The van der Waals surface area contributed by atoms with Gasteiger partial charge in [0.05, 0.1) is 6.10 Å². The molecule has 1 aliphatic heterocycles. The molecule has 0 spiro atoms. The van der Waals surface area contributed by atoms with Crippen LogP contribution < -0.4 is 0 Å². The number of hydrogen-bond acceptors (Lipinski definition) is 1. The summed E-state index contributed by atoms with van der Waals surface area (Å²) in [5.74, 6) is 1.66. The Morgan fingerprint density at radius 3 is 2.46 bits per heavy atom. The summed E-state index contributed by atoms with van der Waals surface area (Å²) in [5.41, 5.74) is 0. The predicted octanol–water partition coefficient (Wildman–Crippen LogP) is 3.63. The molecule has 78 valence electrons. The zero-order valence-corrected chi connectivity index (χ0v) is 9.38. The monoisotopic (exact) mass is 184 g/mol. The standard InChI is InChI=1S/C12H24O/c1-4-7-12-11(6-3)8-10(5-2)9-13-12/h10-12H,4-9H2,1-3H3/t10-,11+,12+/m1/s1. The molecule has 1 rings (SSSR count). The fraction of sp³-hybridized carbons (Fsp3) is 1.00. The Morgan fingerprint density at radius 1 is 1.15 bits per heavy atom. The highest BCUT2D eigenvalue weighted by Crippen LogP contribution is 2.31. The van der Waals surface area contributed by atoms with Crippen molar-refractivity contribution in [3.8, 4) is 0 Å². The zero-order chi connectivity index (χ0) is 9.68. The van der Waals surface area contributed by atoms with Crippen molar-refractivity contribution in [1.29, 1.82) is 0 Å². The van der Waals surface area contributed by atoms with E-state index in [0.717, 1.165) is 18.4 Å². The molecule has 0 aromatic rings. The third-order valence-electron chi connectivity index (χ3n) is 3.38. The van der Waals surface area contributed by atoms with Crippen molar-refractivity contribution in [2.45, 2.75) is 59.0 Å². The summed E-state index contributed by atoms with van der Waals surface area (Å²) in [6.45, 7) is 7.84. The van der Waals surface area contributed by atoms with Crippen LogP contribution in [0.1, 0.15) is 52.9 Å². The van der Waals surface area contributed by atoms with Gasteiger partial charge in [0.2, 0.25) is 0 Å². The number of ether oxygens (including phenoxy) is 1. The fourth-order valence-electron chi connectivity index (χ4n) is 2.36. The van der Waals surface area contributed by atoms with Crippen molar-refractivity contribution in [2.24, 2.45) is 11.8 Å². The summed E-state index contributed by atoms with van der Waals surface area (Å²) < 4.78 is 5.93. The predicted molar refractivity (Wildman–Crippen MR) is 56.8 cm³/mol. The molecule has 0 aromatic carbocycles. The molecular formula is C12H24O. The maximum atomic E-state index is 5.93. The maximum absolute atomic E-state index is 5.93. The van der Waals surface area contributed by atoms with E-state index in [9.17, 15) is 0 Å². The highest BCUT2D eigenvalue weighted by molar-refractivity contribution is 4.77. The van der Waals surface area contributed by atoms with Crippen molar-refractivity contribution in [1.82, 2.24) is 0 Å². The Labute approximate surface area is 82.9 Å². The summed E-state index contributed by atoms with van der Waals surface area (Å²) in [4.78, 5) is 0. The first-order valence-corrected chi connectivity index (χ1v) is 5.93. The van der Waals surface area contributed by atoms with Gasteiger partial charge in [0.15, 0.2) is 0 Å². The second-order valence-electron chi connectivity index (χ2n) is 4.34. The normalized spacial score (nSPS) is 34.8. The highest BCUT2D eigenvalue weighted by Gasteiger charge is 2.28. The van der Waals surface area contributed by atoms with Gasteiger partial charge >= 0.3 is 0 Å². The molecule has 0 amide bonds. The lowest BCUT2D eigenvalue weighted by atomic mass is 9.83. The Kier molecular flexibility index (Phi) is 4.79. The van der Waals surface area contributed by atoms with Crippen LogP contribution >= 0.6 is 0 Å². The van der Waals surface area contributed by atoms with E-state index in [2.05, 4.69) is 20.8 Å². The molecule has 0 bridgehead atoms. The molecule has 0 radical (unpaired) electrons. The summed E-state index contributed by atoms with van der Waals surface area (Å²) in [5, 5.41) is 0. The minimum atomic E-state index is 0.567. The van der Waals surface area contributed by atoms with Gasteiger partial charge in [0.1, 0.15) is 0 Å². The molecule has 0 aliphatic carbocycles. The van der Waals surface area contributed by atoms with E-state index in [4.69, 9.17) is 4.74 Å². The molecule has 1 fully saturated rings. The first-order valence-electron chi connectivity index (χ1n) is 5.93. The minimum absolute atomic E-state index is 0.567. The summed E-state index contributed by atoms with van der Waals surface area (Å²) in [6.07, 6.45) is 7.07. The molecular weight excluding hydrogens is 160 g/mol. The van der Waals surface area contributed by atoms with Gasteiger partial charge in [-0.05, 0) is 24.7 Å². The number of hydrogen-bond donors (Lipinski definition) is 0. The molecule has 1 saturated heterocycles. The van der Waals surface area contributed by atoms with Crippen LogP contribution in [0.4, 0.5) is 0 Å². The van der Waals surface area contributed by atoms with Crippen LogP contribution in [0.3, 0.4) is 0 Å². The second kappa shape index (κ2) is 5.64. The van der Waals surface area contributed by atoms with Gasteiger partial charge < -0.3 is 4.74 Å². The van der Waals surface area contributed by atoms with E-state index in [0.29, 0.717) is 6.10 Å². The van der Waals surface area contributed by atoms with E-state index in [-0.39, 0.29) is 0 Å². The van der Waals surface area contributed by atoms with E-state index in [1.54, 1.807) is 0 Å². The average Bonchev–Trinajstić information content (AvgIpc) is 2.19. The van der Waals surface area contributed by atoms with Crippen molar-refractivity contribution >= 4 is 0 Å². The minimum Gasteiger partial charge on any atom is -0.378 e. The van der Waals surface area contributed by atoms with Crippen molar-refractivity contribution in [3.05, 3.63) is 0 Å². The molecule has 0 unspecified atom stereocenters. The van der Waals surface area contributed by atoms with Crippen LogP contribution in [0.2, 0.25) is 0 Å². The Hall–Kier alpha value is -0.0400. The van der Waals surface area contributed by atoms with Gasteiger partial charge in [-0.3, -0.25) is 0 Å². The van der Waals surface area contributed by atoms with Crippen molar-refractivity contribution in [3.63, 3.8) is 0 Å². The van der Waals surface area contributed by atoms with Gasteiger partial charge in [-0.15, -0.1) is 0 Å². The third kappa shape index (κ3) is 2.98. The van der Waals surface area contributed by atoms with Crippen LogP contribution in [0.15, 0.2) is 0 Å². The first-order chi connectivity index (χ1) is 6.31. The van der Waals surface area contributed by atoms with Crippen molar-refractivity contribution < 1.29 is 4.74 Å². The second-order valence-corrected chi connectivity index (χ2v) is 4.34. The smallest absolute Gasteiger partial charge is 0.0603 e. The summed E-state index contributed by atoms with van der Waals surface area (Å²) in [6, 6.07) is 0. The summed E-state index contributed by atoms with van der Waals surface area (Å²) >= 11 is 0. The Morgan fingerprint density at radius 2 is 1.92 bits per heavy atom. The highest BCUT2D eigenvalue weighted by atomic mass is 16.5. The van der Waals surface area contributed by atoms with Crippen LogP contribution in [0, 0.1) is 11.8 Å². The topological polar surface area (TPSA) is 9.23 Å². The van der Waals surface area contributed by atoms with E-state index in [1.807, 2.05) is 0 Å².